The van der Waals surface area contributed by atoms with Gasteiger partial charge in [0.1, 0.15) is 5.76 Å². The number of hydrogen-bond acceptors (Lipinski definition) is 2. The van der Waals surface area contributed by atoms with Gasteiger partial charge in [0, 0.05) is 5.56 Å². The SMILES string of the molecule is C#CCc1cc(CO)c(C(F)(F)F)o1. The van der Waals surface area contributed by atoms with Gasteiger partial charge in [-0.3, -0.25) is 0 Å². The van der Waals surface area contributed by atoms with E-state index in [2.05, 4.69) is 10.3 Å². The second-order valence-electron chi connectivity index (χ2n) is 2.60. The molecule has 1 N–H and O–H groups in total. The molecule has 5 heteroatoms. The number of halogens is 3. The summed E-state index contributed by atoms with van der Waals surface area (Å²) < 4.78 is 41.2. The Balaban J connectivity index is 3.10. The molecule has 0 unspecified atom stereocenters. The second-order valence-corrected chi connectivity index (χ2v) is 2.60. The van der Waals surface area contributed by atoms with Gasteiger partial charge in [-0.25, -0.2) is 0 Å². The monoisotopic (exact) mass is 204 g/mol. The maximum atomic E-state index is 12.2. The van der Waals surface area contributed by atoms with Crippen LogP contribution in [0.15, 0.2) is 10.5 Å². The Bertz CT molecular complexity index is 357. The molecule has 76 valence electrons. The minimum atomic E-state index is -4.59. The van der Waals surface area contributed by atoms with E-state index in [9.17, 15) is 13.2 Å². The lowest BCUT2D eigenvalue weighted by Crippen LogP contribution is -2.06. The molecule has 2 nitrogen and oxygen atoms in total. The lowest BCUT2D eigenvalue weighted by molar-refractivity contribution is -0.154. The topological polar surface area (TPSA) is 33.4 Å². The molecule has 0 fully saturated rings. The Hall–Kier alpha value is -1.41. The minimum absolute atomic E-state index is 0.0247. The van der Waals surface area contributed by atoms with E-state index in [1.165, 1.54) is 0 Å². The summed E-state index contributed by atoms with van der Waals surface area (Å²) in [6.45, 7) is -0.719. The highest BCUT2D eigenvalue weighted by Gasteiger charge is 2.37. The summed E-state index contributed by atoms with van der Waals surface area (Å²) in [7, 11) is 0. The number of aliphatic hydroxyl groups excluding tert-OH is 1. The Morgan fingerprint density at radius 3 is 2.50 bits per heavy atom. The first-order valence-corrected chi connectivity index (χ1v) is 3.72. The molecule has 0 spiro atoms. The maximum absolute atomic E-state index is 12.2. The van der Waals surface area contributed by atoms with E-state index in [0.717, 1.165) is 6.07 Å². The smallest absolute Gasteiger partial charge is 0.449 e. The maximum Gasteiger partial charge on any atom is 0.449 e. The van der Waals surface area contributed by atoms with Crippen LogP contribution in [-0.4, -0.2) is 5.11 Å². The highest BCUT2D eigenvalue weighted by Crippen LogP contribution is 2.34. The van der Waals surface area contributed by atoms with Crippen LogP contribution >= 0.6 is 0 Å². The van der Waals surface area contributed by atoms with E-state index < -0.39 is 18.5 Å². The van der Waals surface area contributed by atoms with E-state index in [1.807, 2.05) is 0 Å². The van der Waals surface area contributed by atoms with Crippen molar-refractivity contribution in [3.8, 4) is 12.3 Å². The molecule has 0 saturated carbocycles. The summed E-state index contributed by atoms with van der Waals surface area (Å²) in [5.41, 5.74) is -0.289. The van der Waals surface area contributed by atoms with Crippen LogP contribution in [0.25, 0.3) is 0 Å². The van der Waals surface area contributed by atoms with Crippen LogP contribution in [0.1, 0.15) is 17.1 Å². The molecule has 0 saturated heterocycles. The summed E-state index contributed by atoms with van der Waals surface area (Å²) in [5, 5.41) is 8.65. The van der Waals surface area contributed by atoms with Gasteiger partial charge in [0.25, 0.3) is 0 Å². The number of rotatable bonds is 2. The van der Waals surface area contributed by atoms with Crippen LogP contribution in [0, 0.1) is 12.3 Å². The van der Waals surface area contributed by atoms with Crippen molar-refractivity contribution in [3.05, 3.63) is 23.2 Å². The van der Waals surface area contributed by atoms with Gasteiger partial charge in [0.15, 0.2) is 0 Å². The molecule has 0 aliphatic carbocycles. The van der Waals surface area contributed by atoms with Crippen molar-refractivity contribution in [1.29, 1.82) is 0 Å². The summed E-state index contributed by atoms with van der Waals surface area (Å²) in [6, 6.07) is 1.11. The van der Waals surface area contributed by atoms with Crippen LogP contribution in [0.2, 0.25) is 0 Å². The van der Waals surface area contributed by atoms with Gasteiger partial charge in [-0.1, -0.05) is 5.92 Å². The Kier molecular flexibility index (Phi) is 2.87. The normalized spacial score (nSPS) is 11.4. The molecule has 0 bridgehead atoms. The van der Waals surface area contributed by atoms with Gasteiger partial charge in [0.05, 0.1) is 13.0 Å². The molecular weight excluding hydrogens is 197 g/mol. The third kappa shape index (κ3) is 2.09. The van der Waals surface area contributed by atoms with Gasteiger partial charge in [-0.15, -0.1) is 6.42 Å². The van der Waals surface area contributed by atoms with Crippen LogP contribution in [-0.2, 0) is 19.2 Å². The van der Waals surface area contributed by atoms with Crippen molar-refractivity contribution in [2.24, 2.45) is 0 Å². The summed E-state index contributed by atoms with van der Waals surface area (Å²) in [6.07, 6.45) is 0.300. The number of terminal acetylenes is 1. The average molecular weight is 204 g/mol. The average Bonchev–Trinajstić information content (AvgIpc) is 2.47. The highest BCUT2D eigenvalue weighted by atomic mass is 19.4. The largest absolute Gasteiger partial charge is 0.455 e. The third-order valence-corrected chi connectivity index (χ3v) is 1.56. The van der Waals surface area contributed by atoms with Crippen molar-refractivity contribution in [1.82, 2.24) is 0 Å². The lowest BCUT2D eigenvalue weighted by atomic mass is 10.2. The summed E-state index contributed by atoms with van der Waals surface area (Å²) in [5.74, 6) is 1.01. The summed E-state index contributed by atoms with van der Waals surface area (Å²) >= 11 is 0. The predicted octanol–water partition coefficient (Wildman–Crippen LogP) is 1.97. The standard InChI is InChI=1S/C9H7F3O2/c1-2-3-7-4-6(5-13)8(14-7)9(10,11)12/h1,4,13H,3,5H2. The van der Waals surface area contributed by atoms with Gasteiger partial charge < -0.3 is 9.52 Å². The molecule has 0 atom stereocenters. The molecule has 1 aromatic heterocycles. The van der Waals surface area contributed by atoms with Crippen LogP contribution in [0.3, 0.4) is 0 Å². The second kappa shape index (κ2) is 3.76. The molecule has 0 aliphatic rings. The number of furan rings is 1. The summed E-state index contributed by atoms with van der Waals surface area (Å²) in [4.78, 5) is 0. The number of hydrogen-bond donors (Lipinski definition) is 1. The minimum Gasteiger partial charge on any atom is -0.455 e. The zero-order valence-electron chi connectivity index (χ0n) is 7.06. The zero-order chi connectivity index (χ0) is 10.8. The van der Waals surface area contributed by atoms with Crippen molar-refractivity contribution in [3.63, 3.8) is 0 Å². The lowest BCUT2D eigenvalue weighted by Gasteiger charge is -2.03. The van der Waals surface area contributed by atoms with E-state index in [4.69, 9.17) is 11.5 Å². The molecule has 0 radical (unpaired) electrons. The molecule has 0 aliphatic heterocycles. The highest BCUT2D eigenvalue weighted by molar-refractivity contribution is 5.25. The number of alkyl halides is 3. The van der Waals surface area contributed by atoms with Crippen molar-refractivity contribution in [2.75, 3.05) is 0 Å². The molecule has 0 amide bonds. The Morgan fingerprint density at radius 2 is 2.14 bits per heavy atom. The van der Waals surface area contributed by atoms with Crippen molar-refractivity contribution in [2.45, 2.75) is 19.2 Å². The predicted molar refractivity (Wildman–Crippen MR) is 42.2 cm³/mol. The third-order valence-electron chi connectivity index (χ3n) is 1.56. The van der Waals surface area contributed by atoms with E-state index in [1.54, 1.807) is 0 Å². The first-order valence-electron chi connectivity index (χ1n) is 3.72. The first-order chi connectivity index (χ1) is 6.49. The van der Waals surface area contributed by atoms with Crippen molar-refractivity contribution < 1.29 is 22.7 Å². The number of aliphatic hydroxyl groups is 1. The molecular formula is C9H7F3O2. The fourth-order valence-corrected chi connectivity index (χ4v) is 1.03. The van der Waals surface area contributed by atoms with Gasteiger partial charge in [0.2, 0.25) is 5.76 Å². The molecule has 1 aromatic rings. The quantitative estimate of drug-likeness (QED) is 0.747. The van der Waals surface area contributed by atoms with Crippen LogP contribution in [0.4, 0.5) is 13.2 Å². The molecule has 1 rings (SSSR count). The van der Waals surface area contributed by atoms with Gasteiger partial charge in [-0.2, -0.15) is 13.2 Å². The van der Waals surface area contributed by atoms with Gasteiger partial charge >= 0.3 is 6.18 Å². The molecule has 14 heavy (non-hydrogen) atoms. The van der Waals surface area contributed by atoms with Crippen LogP contribution < -0.4 is 0 Å². The fraction of sp³-hybridized carbons (Fsp3) is 0.333. The Labute approximate surface area is 78.3 Å². The van der Waals surface area contributed by atoms with Crippen molar-refractivity contribution >= 4 is 0 Å². The first kappa shape index (κ1) is 10.7. The van der Waals surface area contributed by atoms with Gasteiger partial charge in [-0.05, 0) is 6.07 Å². The van der Waals surface area contributed by atoms with E-state index in [-0.39, 0.29) is 17.7 Å². The van der Waals surface area contributed by atoms with Crippen LogP contribution in [0.5, 0.6) is 0 Å². The van der Waals surface area contributed by atoms with E-state index >= 15 is 0 Å². The molecule has 0 aromatic carbocycles. The molecule has 1 heterocycles. The Morgan fingerprint density at radius 1 is 1.50 bits per heavy atom. The fourth-order valence-electron chi connectivity index (χ4n) is 1.03. The van der Waals surface area contributed by atoms with E-state index in [0.29, 0.717) is 0 Å². The zero-order valence-corrected chi connectivity index (χ0v) is 7.06.